The lowest BCUT2D eigenvalue weighted by molar-refractivity contribution is 0.318. The smallest absolute Gasteiger partial charge is 0.123 e. The van der Waals surface area contributed by atoms with Crippen LogP contribution in [-0.2, 0) is 0 Å². The maximum Gasteiger partial charge on any atom is 0.123 e. The first-order valence-electron chi connectivity index (χ1n) is 6.33. The summed E-state index contributed by atoms with van der Waals surface area (Å²) in [4.78, 5) is 0. The van der Waals surface area contributed by atoms with E-state index in [9.17, 15) is 0 Å². The number of nitrogen functional groups attached to an aromatic ring is 1. The van der Waals surface area contributed by atoms with Crippen LogP contribution in [-0.4, -0.2) is 6.61 Å². The Labute approximate surface area is 128 Å². The molecule has 0 aliphatic carbocycles. The molecule has 0 aliphatic heterocycles. The largest absolute Gasteiger partial charge is 0.493 e. The van der Waals surface area contributed by atoms with E-state index in [1.54, 1.807) is 24.3 Å². The third-order valence-corrected chi connectivity index (χ3v) is 2.99. The summed E-state index contributed by atoms with van der Waals surface area (Å²) in [6, 6.07) is 10.8. The number of nitrogens with two attached hydrogens (primary N) is 1. The molecule has 0 unspecified atom stereocenters. The molecule has 20 heavy (non-hydrogen) atoms. The highest BCUT2D eigenvalue weighted by molar-refractivity contribution is 6.35. The van der Waals surface area contributed by atoms with Gasteiger partial charge in [-0.05, 0) is 30.7 Å². The molecule has 3 nitrogen and oxygen atoms in total. The van der Waals surface area contributed by atoms with Crippen LogP contribution in [0.15, 0.2) is 36.4 Å². The fourth-order valence-corrected chi connectivity index (χ4v) is 2.32. The van der Waals surface area contributed by atoms with Crippen molar-refractivity contribution in [2.75, 3.05) is 17.7 Å². The van der Waals surface area contributed by atoms with Crippen LogP contribution in [0.3, 0.4) is 0 Å². The molecule has 2 rings (SSSR count). The van der Waals surface area contributed by atoms with Crippen molar-refractivity contribution in [1.82, 2.24) is 0 Å². The van der Waals surface area contributed by atoms with Gasteiger partial charge in [0, 0.05) is 39.2 Å². The van der Waals surface area contributed by atoms with Crippen molar-refractivity contribution in [1.29, 1.82) is 0 Å². The van der Waals surface area contributed by atoms with E-state index in [1.807, 2.05) is 12.1 Å². The van der Waals surface area contributed by atoms with Gasteiger partial charge in [0.2, 0.25) is 0 Å². The van der Waals surface area contributed by atoms with E-state index < -0.39 is 0 Å². The molecule has 0 bridgehead atoms. The summed E-state index contributed by atoms with van der Waals surface area (Å²) in [5.41, 5.74) is 8.13. The number of hydrogen-bond acceptors (Lipinski definition) is 3. The molecule has 106 valence electrons. The molecular formula is C15H16Cl2N2O. The van der Waals surface area contributed by atoms with Gasteiger partial charge in [0.1, 0.15) is 5.75 Å². The van der Waals surface area contributed by atoms with Crippen LogP contribution in [0.5, 0.6) is 5.75 Å². The summed E-state index contributed by atoms with van der Waals surface area (Å²) in [6.07, 6.45) is 0.946. The fourth-order valence-electron chi connectivity index (χ4n) is 1.79. The number of hydrogen-bond donors (Lipinski definition) is 2. The lowest BCUT2D eigenvalue weighted by Gasteiger charge is -2.11. The summed E-state index contributed by atoms with van der Waals surface area (Å²) in [5.74, 6) is 0.738. The monoisotopic (exact) mass is 310 g/mol. The summed E-state index contributed by atoms with van der Waals surface area (Å²) >= 11 is 11.9. The third-order valence-electron chi connectivity index (χ3n) is 2.55. The Kier molecular flexibility index (Phi) is 4.99. The Balaban J connectivity index is 2.21. The first kappa shape index (κ1) is 14.8. The molecule has 2 aromatic rings. The zero-order chi connectivity index (χ0) is 14.5. The second-order valence-corrected chi connectivity index (χ2v) is 5.30. The Morgan fingerprint density at radius 3 is 2.30 bits per heavy atom. The van der Waals surface area contributed by atoms with Crippen molar-refractivity contribution < 1.29 is 4.74 Å². The number of anilines is 3. The van der Waals surface area contributed by atoms with Crippen molar-refractivity contribution in [3.8, 4) is 5.75 Å². The average molecular weight is 311 g/mol. The Morgan fingerprint density at radius 2 is 1.65 bits per heavy atom. The molecule has 0 saturated heterocycles. The molecular weight excluding hydrogens is 295 g/mol. The van der Waals surface area contributed by atoms with E-state index in [0.717, 1.165) is 23.5 Å². The van der Waals surface area contributed by atoms with Crippen molar-refractivity contribution in [2.24, 2.45) is 0 Å². The van der Waals surface area contributed by atoms with Gasteiger partial charge in [-0.1, -0.05) is 30.1 Å². The maximum absolute atomic E-state index is 5.97. The molecule has 0 aromatic heterocycles. The summed E-state index contributed by atoms with van der Waals surface area (Å²) in [5, 5.41) is 4.36. The predicted molar refractivity (Wildman–Crippen MR) is 86.4 cm³/mol. The lowest BCUT2D eigenvalue weighted by Crippen LogP contribution is -1.98. The van der Waals surface area contributed by atoms with Crippen LogP contribution < -0.4 is 15.8 Å². The van der Waals surface area contributed by atoms with Crippen LogP contribution in [0.2, 0.25) is 10.0 Å². The normalized spacial score (nSPS) is 10.3. The Hall–Kier alpha value is -1.58. The predicted octanol–water partition coefficient (Wildman–Crippen LogP) is 5.11. The number of halogens is 2. The van der Waals surface area contributed by atoms with Crippen LogP contribution in [0, 0.1) is 0 Å². The zero-order valence-corrected chi connectivity index (χ0v) is 12.6. The van der Waals surface area contributed by atoms with Gasteiger partial charge in [-0.15, -0.1) is 0 Å². The van der Waals surface area contributed by atoms with Gasteiger partial charge in [0.25, 0.3) is 0 Å². The average Bonchev–Trinajstić information content (AvgIpc) is 2.34. The van der Waals surface area contributed by atoms with Crippen molar-refractivity contribution in [3.05, 3.63) is 46.4 Å². The number of ether oxygens (including phenoxy) is 1. The summed E-state index contributed by atoms with van der Waals surface area (Å²) in [7, 11) is 0. The standard InChI is InChI=1S/C15H16Cl2N2O/c1-2-3-20-15-8-12(18)7-14(9-15)19-13-5-10(16)4-11(17)6-13/h4-9,19H,2-3,18H2,1H3. The first-order valence-corrected chi connectivity index (χ1v) is 7.09. The highest BCUT2D eigenvalue weighted by Gasteiger charge is 2.03. The SMILES string of the molecule is CCCOc1cc(N)cc(Nc2cc(Cl)cc(Cl)c2)c1. The van der Waals surface area contributed by atoms with Gasteiger partial charge in [-0.2, -0.15) is 0 Å². The van der Waals surface area contributed by atoms with E-state index >= 15 is 0 Å². The summed E-state index contributed by atoms with van der Waals surface area (Å²) in [6.45, 7) is 2.71. The second kappa shape index (κ2) is 6.73. The van der Waals surface area contributed by atoms with E-state index in [4.69, 9.17) is 33.7 Å². The van der Waals surface area contributed by atoms with Gasteiger partial charge in [-0.3, -0.25) is 0 Å². The molecule has 0 heterocycles. The fraction of sp³-hybridized carbons (Fsp3) is 0.200. The highest BCUT2D eigenvalue weighted by atomic mass is 35.5. The minimum absolute atomic E-state index is 0.575. The number of nitrogens with one attached hydrogen (secondary N) is 1. The van der Waals surface area contributed by atoms with Crippen molar-refractivity contribution >= 4 is 40.3 Å². The molecule has 0 atom stereocenters. The molecule has 0 aliphatic rings. The number of rotatable bonds is 5. The van der Waals surface area contributed by atoms with Gasteiger partial charge in [0.05, 0.1) is 6.61 Å². The van der Waals surface area contributed by atoms with Gasteiger partial charge < -0.3 is 15.8 Å². The van der Waals surface area contributed by atoms with Crippen LogP contribution in [0.4, 0.5) is 17.1 Å². The van der Waals surface area contributed by atoms with Gasteiger partial charge >= 0.3 is 0 Å². The second-order valence-electron chi connectivity index (χ2n) is 4.42. The quantitative estimate of drug-likeness (QED) is 0.754. The molecule has 0 spiro atoms. The van der Waals surface area contributed by atoms with E-state index in [-0.39, 0.29) is 0 Å². The molecule has 0 fully saturated rings. The molecule has 0 amide bonds. The minimum atomic E-state index is 0.575. The molecule has 0 saturated carbocycles. The summed E-state index contributed by atoms with van der Waals surface area (Å²) < 4.78 is 5.59. The van der Waals surface area contributed by atoms with Crippen LogP contribution in [0.25, 0.3) is 0 Å². The van der Waals surface area contributed by atoms with Gasteiger partial charge in [-0.25, -0.2) is 0 Å². The van der Waals surface area contributed by atoms with Crippen molar-refractivity contribution in [3.63, 3.8) is 0 Å². The lowest BCUT2D eigenvalue weighted by atomic mass is 10.2. The minimum Gasteiger partial charge on any atom is -0.493 e. The molecule has 3 N–H and O–H groups in total. The van der Waals surface area contributed by atoms with Gasteiger partial charge in [0.15, 0.2) is 0 Å². The van der Waals surface area contributed by atoms with E-state index in [1.165, 1.54) is 0 Å². The zero-order valence-electron chi connectivity index (χ0n) is 11.1. The molecule has 5 heteroatoms. The first-order chi connectivity index (χ1) is 9.56. The topological polar surface area (TPSA) is 47.3 Å². The Bertz CT molecular complexity index is 582. The molecule has 0 radical (unpaired) electrons. The third kappa shape index (κ3) is 4.22. The molecule has 2 aromatic carbocycles. The van der Waals surface area contributed by atoms with E-state index in [2.05, 4.69) is 12.2 Å². The highest BCUT2D eigenvalue weighted by Crippen LogP contribution is 2.28. The van der Waals surface area contributed by atoms with Crippen molar-refractivity contribution in [2.45, 2.75) is 13.3 Å². The van der Waals surface area contributed by atoms with Crippen LogP contribution in [0.1, 0.15) is 13.3 Å². The maximum atomic E-state index is 5.97. The number of benzene rings is 2. The Morgan fingerprint density at radius 1 is 1.00 bits per heavy atom. The van der Waals surface area contributed by atoms with Crippen LogP contribution >= 0.6 is 23.2 Å². The van der Waals surface area contributed by atoms with E-state index in [0.29, 0.717) is 22.3 Å².